The molecule has 2 fully saturated rings. The lowest BCUT2D eigenvalue weighted by atomic mass is 9.93. The molecule has 2 aliphatic heterocycles. The van der Waals surface area contributed by atoms with Gasteiger partial charge in [-0.1, -0.05) is 19.8 Å². The van der Waals surface area contributed by atoms with Crippen molar-refractivity contribution in [2.24, 2.45) is 5.92 Å². The first-order valence-electron chi connectivity index (χ1n) is 11.7. The minimum Gasteiger partial charge on any atom is -0.342 e. The molecule has 0 radical (unpaired) electrons. The number of aromatic nitrogens is 3. The fourth-order valence-electron chi connectivity index (χ4n) is 5.51. The van der Waals surface area contributed by atoms with E-state index in [0.29, 0.717) is 49.6 Å². The van der Waals surface area contributed by atoms with Gasteiger partial charge in [0.05, 0.1) is 17.8 Å². The molecule has 31 heavy (non-hydrogen) atoms. The number of carbonyl (C=O) groups is 2. The van der Waals surface area contributed by atoms with E-state index in [1.165, 1.54) is 4.52 Å². The smallest absolute Gasteiger partial charge is 0.277 e. The lowest BCUT2D eigenvalue weighted by molar-refractivity contribution is -0.136. The number of H-pyrrole nitrogens is 1. The fourth-order valence-corrected chi connectivity index (χ4v) is 5.51. The van der Waals surface area contributed by atoms with E-state index >= 15 is 0 Å². The summed E-state index contributed by atoms with van der Waals surface area (Å²) < 4.78 is 1.52. The molecule has 1 aliphatic carbocycles. The van der Waals surface area contributed by atoms with Crippen molar-refractivity contribution in [2.45, 2.75) is 70.8 Å². The van der Waals surface area contributed by atoms with Crippen molar-refractivity contribution in [3.05, 3.63) is 33.4 Å². The average molecular weight is 426 g/mol. The maximum absolute atomic E-state index is 13.2. The highest BCUT2D eigenvalue weighted by molar-refractivity contribution is 5.79. The van der Waals surface area contributed by atoms with E-state index in [2.05, 4.69) is 5.10 Å². The molecule has 1 atom stereocenters. The molecule has 5 rings (SSSR count). The Labute approximate surface area is 181 Å². The van der Waals surface area contributed by atoms with Crippen LogP contribution >= 0.6 is 0 Å². The van der Waals surface area contributed by atoms with Crippen LogP contribution in [-0.4, -0.2) is 55.8 Å². The Morgan fingerprint density at radius 3 is 2.71 bits per heavy atom. The van der Waals surface area contributed by atoms with E-state index in [4.69, 9.17) is 4.98 Å². The van der Waals surface area contributed by atoms with Crippen molar-refractivity contribution >= 4 is 17.5 Å². The van der Waals surface area contributed by atoms with E-state index in [1.54, 1.807) is 4.90 Å². The van der Waals surface area contributed by atoms with Crippen LogP contribution in [0.15, 0.2) is 10.9 Å². The van der Waals surface area contributed by atoms with Gasteiger partial charge in [-0.3, -0.25) is 19.5 Å². The second-order valence-corrected chi connectivity index (χ2v) is 9.27. The highest BCUT2D eigenvalue weighted by Crippen LogP contribution is 2.31. The number of aromatic amines is 1. The predicted octanol–water partition coefficient (Wildman–Crippen LogP) is 2.21. The topological polar surface area (TPSA) is 90.8 Å². The number of hydrogen-bond donors (Lipinski definition) is 1. The van der Waals surface area contributed by atoms with Crippen molar-refractivity contribution in [2.75, 3.05) is 19.6 Å². The number of fused-ring (bicyclic) bond motifs is 2. The van der Waals surface area contributed by atoms with Crippen LogP contribution in [-0.2, 0) is 22.6 Å². The van der Waals surface area contributed by atoms with Gasteiger partial charge in [0.2, 0.25) is 11.8 Å². The molecule has 1 saturated carbocycles. The second-order valence-electron chi connectivity index (χ2n) is 9.27. The summed E-state index contributed by atoms with van der Waals surface area (Å²) in [6, 6.07) is 1.97. The van der Waals surface area contributed by atoms with Gasteiger partial charge in [0.1, 0.15) is 0 Å². The van der Waals surface area contributed by atoms with Crippen LogP contribution in [0.4, 0.5) is 0 Å². The summed E-state index contributed by atoms with van der Waals surface area (Å²) in [7, 11) is 0. The summed E-state index contributed by atoms with van der Waals surface area (Å²) in [5.41, 5.74) is 2.90. The molecule has 0 aromatic carbocycles. The van der Waals surface area contributed by atoms with Crippen molar-refractivity contribution in [1.29, 1.82) is 0 Å². The Bertz CT molecular complexity index is 1070. The van der Waals surface area contributed by atoms with Crippen LogP contribution in [0.3, 0.4) is 0 Å². The third-order valence-corrected chi connectivity index (χ3v) is 7.31. The maximum Gasteiger partial charge on any atom is 0.277 e. The molecular weight excluding hydrogens is 394 g/mol. The quantitative estimate of drug-likeness (QED) is 0.816. The summed E-state index contributed by atoms with van der Waals surface area (Å²) >= 11 is 0. The summed E-state index contributed by atoms with van der Waals surface area (Å²) in [4.78, 5) is 46.7. The second kappa shape index (κ2) is 8.13. The Morgan fingerprint density at radius 2 is 1.94 bits per heavy atom. The Kier molecular flexibility index (Phi) is 5.32. The van der Waals surface area contributed by atoms with Crippen LogP contribution in [0.5, 0.6) is 0 Å². The number of nitrogens with one attached hydrogen (secondary N) is 1. The number of hydrogen-bond acceptors (Lipinski definition) is 4. The van der Waals surface area contributed by atoms with Gasteiger partial charge in [-0.25, -0.2) is 9.50 Å². The predicted molar refractivity (Wildman–Crippen MR) is 116 cm³/mol. The third-order valence-electron chi connectivity index (χ3n) is 7.31. The molecule has 3 aliphatic rings. The van der Waals surface area contributed by atoms with Crippen LogP contribution in [0.1, 0.15) is 74.7 Å². The number of rotatable bonds is 3. The molecule has 4 heterocycles. The molecule has 1 N–H and O–H groups in total. The van der Waals surface area contributed by atoms with Gasteiger partial charge in [0.15, 0.2) is 5.65 Å². The lowest BCUT2D eigenvalue weighted by Gasteiger charge is -2.34. The molecule has 1 saturated heterocycles. The molecule has 2 aromatic rings. The van der Waals surface area contributed by atoms with E-state index in [9.17, 15) is 14.4 Å². The Hall–Kier alpha value is -2.64. The molecular formula is C23H31N5O3. The number of nitrogens with zero attached hydrogens (tertiary/aromatic N) is 4. The molecule has 0 bridgehead atoms. The zero-order valence-corrected chi connectivity index (χ0v) is 18.2. The number of likely N-dealkylation sites (tertiary alicyclic amines) is 1. The normalized spacial score (nSPS) is 22.2. The first-order valence-corrected chi connectivity index (χ1v) is 11.7. The van der Waals surface area contributed by atoms with Crippen molar-refractivity contribution in [1.82, 2.24) is 24.4 Å². The highest BCUT2D eigenvalue weighted by Gasteiger charge is 2.32. The number of piperidine rings is 1. The molecule has 2 amide bonds. The van der Waals surface area contributed by atoms with E-state index in [-0.39, 0.29) is 23.3 Å². The molecule has 0 spiro atoms. The van der Waals surface area contributed by atoms with E-state index in [1.807, 2.05) is 17.9 Å². The molecule has 8 nitrogen and oxygen atoms in total. The van der Waals surface area contributed by atoms with Crippen LogP contribution in [0.25, 0.3) is 5.65 Å². The van der Waals surface area contributed by atoms with Crippen molar-refractivity contribution in [3.63, 3.8) is 0 Å². The zero-order chi connectivity index (χ0) is 21.5. The Balaban J connectivity index is 1.40. The van der Waals surface area contributed by atoms with E-state index < -0.39 is 0 Å². The summed E-state index contributed by atoms with van der Waals surface area (Å²) in [6.45, 7) is 4.32. The van der Waals surface area contributed by atoms with Gasteiger partial charge in [0.25, 0.3) is 5.56 Å². The average Bonchev–Trinajstić information content (AvgIpc) is 3.48. The lowest BCUT2D eigenvalue weighted by Crippen LogP contribution is -2.42. The zero-order valence-electron chi connectivity index (χ0n) is 18.2. The largest absolute Gasteiger partial charge is 0.342 e. The first-order chi connectivity index (χ1) is 15.0. The monoisotopic (exact) mass is 425 g/mol. The van der Waals surface area contributed by atoms with E-state index in [0.717, 1.165) is 56.5 Å². The Morgan fingerprint density at radius 1 is 1.13 bits per heavy atom. The molecule has 166 valence electrons. The minimum absolute atomic E-state index is 0.0662. The van der Waals surface area contributed by atoms with Crippen molar-refractivity contribution < 1.29 is 9.59 Å². The van der Waals surface area contributed by atoms with Crippen LogP contribution < -0.4 is 5.56 Å². The van der Waals surface area contributed by atoms with Crippen molar-refractivity contribution in [3.8, 4) is 0 Å². The number of carbonyl (C=O) groups excluding carboxylic acids is 2. The standard InChI is InChI=1S/C23H31N5O3/c1-2-21(29)26-11-9-18-17(14-26)23(31)28-20(24-18)12-19(25-28)16-8-5-10-27(13-16)22(30)15-6-3-4-7-15/h12,15-16,25H,2-11,13-14H2,1H3/t16-/m1/s1. The highest BCUT2D eigenvalue weighted by atomic mass is 16.2. The number of amides is 2. The van der Waals surface area contributed by atoms with Gasteiger partial charge in [-0.05, 0) is 25.7 Å². The minimum atomic E-state index is -0.116. The van der Waals surface area contributed by atoms with Crippen LogP contribution in [0, 0.1) is 5.92 Å². The SMILES string of the molecule is CCC(=O)N1CCc2nc3cc([C@@H]4CCCN(C(=O)C5CCCC5)C4)[nH]n3c(=O)c2C1. The van der Waals surface area contributed by atoms with Gasteiger partial charge < -0.3 is 9.80 Å². The van der Waals surface area contributed by atoms with Gasteiger partial charge in [0, 0.05) is 56.1 Å². The summed E-state index contributed by atoms with van der Waals surface area (Å²) in [6.07, 6.45) is 7.40. The van der Waals surface area contributed by atoms with Gasteiger partial charge in [-0.15, -0.1) is 0 Å². The molecule has 0 unspecified atom stereocenters. The summed E-state index contributed by atoms with van der Waals surface area (Å²) in [5.74, 6) is 0.767. The first kappa shape index (κ1) is 20.3. The molecule has 8 heteroatoms. The summed E-state index contributed by atoms with van der Waals surface area (Å²) in [5, 5.41) is 3.27. The van der Waals surface area contributed by atoms with Gasteiger partial charge in [-0.2, -0.15) is 0 Å². The van der Waals surface area contributed by atoms with Crippen LogP contribution in [0.2, 0.25) is 0 Å². The third kappa shape index (κ3) is 3.66. The fraction of sp³-hybridized carbons (Fsp3) is 0.652. The van der Waals surface area contributed by atoms with Gasteiger partial charge >= 0.3 is 0 Å². The maximum atomic E-state index is 13.2. The molecule has 2 aromatic heterocycles.